The summed E-state index contributed by atoms with van der Waals surface area (Å²) in [6, 6.07) is 17.5. The van der Waals surface area contributed by atoms with Crippen molar-refractivity contribution in [1.29, 1.82) is 0 Å². The molecule has 0 atom stereocenters. The number of nitrogens with zero attached hydrogens (tertiary/aromatic N) is 3. The van der Waals surface area contributed by atoms with Gasteiger partial charge < -0.3 is 14.6 Å². The smallest absolute Gasteiger partial charge is 0.279 e. The first-order valence-electron chi connectivity index (χ1n) is 10.7. The lowest BCUT2D eigenvalue weighted by atomic mass is 9.90. The van der Waals surface area contributed by atoms with Crippen LogP contribution in [0.3, 0.4) is 0 Å². The summed E-state index contributed by atoms with van der Waals surface area (Å²) in [4.78, 5) is 12.8. The topological polar surface area (TPSA) is 82.2 Å². The Balaban J connectivity index is 1.29. The number of anilines is 1. The van der Waals surface area contributed by atoms with E-state index in [2.05, 4.69) is 27.7 Å². The third-order valence-electron chi connectivity index (χ3n) is 5.83. The Labute approximate surface area is 186 Å². The molecule has 0 radical (unpaired) electrons. The maximum absolute atomic E-state index is 12.8. The zero-order valence-electron chi connectivity index (χ0n) is 17.9. The van der Waals surface area contributed by atoms with Crippen LogP contribution in [0.4, 0.5) is 5.82 Å². The zero-order valence-corrected chi connectivity index (χ0v) is 17.9. The number of hydrogen-bond acceptors (Lipinski definition) is 5. The molecule has 0 saturated heterocycles. The van der Waals surface area contributed by atoms with Crippen LogP contribution >= 0.6 is 0 Å². The first kappa shape index (κ1) is 20.1. The summed E-state index contributed by atoms with van der Waals surface area (Å²) in [5.41, 5.74) is 4.99. The summed E-state index contributed by atoms with van der Waals surface area (Å²) >= 11 is 0. The molecule has 0 fully saturated rings. The fourth-order valence-corrected chi connectivity index (χ4v) is 4.05. The number of carbonyl (C=O) groups excluding carboxylic acids is 1. The SMILES string of the molecule is COc1ccc(Cn2nccc2NC(=O)c2cc(-c3ccc4c(c3)CCCC4)on2)cc1. The van der Waals surface area contributed by atoms with Crippen molar-refractivity contribution in [3.8, 4) is 17.1 Å². The van der Waals surface area contributed by atoms with Gasteiger partial charge >= 0.3 is 0 Å². The van der Waals surface area contributed by atoms with Crippen LogP contribution in [0, 0.1) is 0 Å². The predicted octanol–water partition coefficient (Wildman–Crippen LogP) is 4.73. The normalized spacial score (nSPS) is 12.9. The molecule has 5 rings (SSSR count). The monoisotopic (exact) mass is 428 g/mol. The molecule has 1 amide bonds. The van der Waals surface area contributed by atoms with Crippen molar-refractivity contribution in [2.75, 3.05) is 12.4 Å². The Kier molecular flexibility index (Phi) is 5.46. The van der Waals surface area contributed by atoms with E-state index in [-0.39, 0.29) is 11.6 Å². The van der Waals surface area contributed by atoms with Gasteiger partial charge in [-0.15, -0.1) is 0 Å². The number of aromatic nitrogens is 3. The van der Waals surface area contributed by atoms with Crippen LogP contribution in [0.5, 0.6) is 5.75 Å². The molecule has 32 heavy (non-hydrogen) atoms. The summed E-state index contributed by atoms with van der Waals surface area (Å²) in [7, 11) is 1.64. The second-order valence-electron chi connectivity index (χ2n) is 7.94. The highest BCUT2D eigenvalue weighted by molar-refractivity contribution is 6.02. The van der Waals surface area contributed by atoms with Crippen molar-refractivity contribution in [3.05, 3.63) is 83.2 Å². The standard InChI is InChI=1S/C25H24N4O3/c1-31-21-10-6-17(7-11-21)16-29-24(12-13-26-29)27-25(30)22-15-23(32-28-22)20-9-8-18-4-2-3-5-19(18)14-20/h6-15H,2-5,16H2,1H3,(H,27,30). The maximum atomic E-state index is 12.8. The summed E-state index contributed by atoms with van der Waals surface area (Å²) < 4.78 is 12.4. The van der Waals surface area contributed by atoms with E-state index < -0.39 is 0 Å². The molecule has 1 N–H and O–H groups in total. The minimum absolute atomic E-state index is 0.231. The van der Waals surface area contributed by atoms with Gasteiger partial charge in [-0.2, -0.15) is 5.10 Å². The molecule has 2 aromatic carbocycles. The Hall–Kier alpha value is -3.87. The molecule has 4 aromatic rings. The van der Waals surface area contributed by atoms with Crippen molar-refractivity contribution in [2.45, 2.75) is 32.2 Å². The van der Waals surface area contributed by atoms with Gasteiger partial charge in [0.1, 0.15) is 11.6 Å². The molecule has 0 spiro atoms. The lowest BCUT2D eigenvalue weighted by Gasteiger charge is -2.15. The first-order chi connectivity index (χ1) is 15.7. The first-order valence-corrected chi connectivity index (χ1v) is 10.7. The van der Waals surface area contributed by atoms with Crippen molar-refractivity contribution >= 4 is 11.7 Å². The summed E-state index contributed by atoms with van der Waals surface area (Å²) in [5, 5.41) is 11.2. The average Bonchev–Trinajstić information content (AvgIpc) is 3.49. The number of amides is 1. The lowest BCUT2D eigenvalue weighted by Crippen LogP contribution is -2.16. The molecule has 7 heteroatoms. The number of fused-ring (bicyclic) bond motifs is 1. The van der Waals surface area contributed by atoms with Crippen LogP contribution in [-0.2, 0) is 19.4 Å². The van der Waals surface area contributed by atoms with E-state index in [9.17, 15) is 4.79 Å². The van der Waals surface area contributed by atoms with E-state index in [1.54, 1.807) is 30.1 Å². The van der Waals surface area contributed by atoms with E-state index in [4.69, 9.17) is 9.26 Å². The average molecular weight is 428 g/mol. The van der Waals surface area contributed by atoms with Crippen LogP contribution in [0.1, 0.15) is 40.0 Å². The molecule has 162 valence electrons. The molecular formula is C25H24N4O3. The van der Waals surface area contributed by atoms with E-state index in [1.807, 2.05) is 30.3 Å². The number of aryl methyl sites for hydroxylation is 2. The second-order valence-corrected chi connectivity index (χ2v) is 7.94. The van der Waals surface area contributed by atoms with Crippen LogP contribution in [-0.4, -0.2) is 28.0 Å². The maximum Gasteiger partial charge on any atom is 0.279 e. The number of hydrogen-bond donors (Lipinski definition) is 1. The molecule has 0 bridgehead atoms. The molecule has 2 heterocycles. The highest BCUT2D eigenvalue weighted by atomic mass is 16.5. The molecule has 7 nitrogen and oxygen atoms in total. The van der Waals surface area contributed by atoms with Gasteiger partial charge in [0.15, 0.2) is 11.5 Å². The van der Waals surface area contributed by atoms with Crippen molar-refractivity contribution in [1.82, 2.24) is 14.9 Å². The van der Waals surface area contributed by atoms with Gasteiger partial charge in [-0.05, 0) is 60.6 Å². The lowest BCUT2D eigenvalue weighted by molar-refractivity contribution is 0.101. The molecule has 2 aromatic heterocycles. The highest BCUT2D eigenvalue weighted by Gasteiger charge is 2.17. The van der Waals surface area contributed by atoms with Crippen molar-refractivity contribution < 1.29 is 14.1 Å². The van der Waals surface area contributed by atoms with Gasteiger partial charge in [-0.25, -0.2) is 4.68 Å². The highest BCUT2D eigenvalue weighted by Crippen LogP contribution is 2.28. The molecule has 0 saturated carbocycles. The number of benzene rings is 2. The Morgan fingerprint density at radius 3 is 2.69 bits per heavy atom. The molecule has 0 unspecified atom stereocenters. The fourth-order valence-electron chi connectivity index (χ4n) is 4.05. The summed E-state index contributed by atoms with van der Waals surface area (Å²) in [5.74, 6) is 1.64. The third kappa shape index (κ3) is 4.14. The number of nitrogens with one attached hydrogen (secondary N) is 1. The molecular weight excluding hydrogens is 404 g/mol. The third-order valence-corrected chi connectivity index (χ3v) is 5.83. The van der Waals surface area contributed by atoms with Gasteiger partial charge in [0.25, 0.3) is 5.91 Å². The summed E-state index contributed by atoms with van der Waals surface area (Å²) in [6.45, 7) is 0.520. The minimum Gasteiger partial charge on any atom is -0.497 e. The van der Waals surface area contributed by atoms with E-state index in [1.165, 1.54) is 24.0 Å². The largest absolute Gasteiger partial charge is 0.497 e. The van der Waals surface area contributed by atoms with E-state index in [0.717, 1.165) is 29.7 Å². The Morgan fingerprint density at radius 2 is 1.88 bits per heavy atom. The summed E-state index contributed by atoms with van der Waals surface area (Å²) in [6.07, 6.45) is 6.33. The van der Waals surface area contributed by atoms with E-state index in [0.29, 0.717) is 18.1 Å². The fraction of sp³-hybridized carbons (Fsp3) is 0.240. The van der Waals surface area contributed by atoms with Gasteiger partial charge in [0.2, 0.25) is 0 Å². The van der Waals surface area contributed by atoms with Gasteiger partial charge in [0, 0.05) is 17.7 Å². The van der Waals surface area contributed by atoms with Gasteiger partial charge in [-0.1, -0.05) is 29.4 Å². The number of rotatable bonds is 6. The quantitative estimate of drug-likeness (QED) is 0.480. The number of methoxy groups -OCH3 is 1. The second kappa shape index (κ2) is 8.70. The van der Waals surface area contributed by atoms with Crippen LogP contribution < -0.4 is 10.1 Å². The number of carbonyl (C=O) groups is 1. The zero-order chi connectivity index (χ0) is 21.9. The van der Waals surface area contributed by atoms with Gasteiger partial charge in [-0.3, -0.25) is 4.79 Å². The van der Waals surface area contributed by atoms with Crippen LogP contribution in [0.25, 0.3) is 11.3 Å². The van der Waals surface area contributed by atoms with Gasteiger partial charge in [0.05, 0.1) is 19.9 Å². The number of ether oxygens (including phenoxy) is 1. The van der Waals surface area contributed by atoms with Crippen molar-refractivity contribution in [2.24, 2.45) is 0 Å². The molecule has 1 aliphatic carbocycles. The van der Waals surface area contributed by atoms with Crippen molar-refractivity contribution in [3.63, 3.8) is 0 Å². The van der Waals surface area contributed by atoms with Crippen LogP contribution in [0.15, 0.2) is 65.3 Å². The Bertz CT molecular complexity index is 1240. The van der Waals surface area contributed by atoms with E-state index >= 15 is 0 Å². The molecule has 1 aliphatic rings. The molecule has 0 aliphatic heterocycles. The predicted molar refractivity (Wildman–Crippen MR) is 121 cm³/mol. The van der Waals surface area contributed by atoms with Crippen LogP contribution in [0.2, 0.25) is 0 Å². The Morgan fingerprint density at radius 1 is 1.06 bits per heavy atom. The minimum atomic E-state index is -0.338.